The molecule has 0 N–H and O–H groups in total. The van der Waals surface area contributed by atoms with Crippen molar-refractivity contribution in [1.82, 2.24) is 14.8 Å². The highest BCUT2D eigenvalue weighted by Gasteiger charge is 2.16. The Morgan fingerprint density at radius 3 is 2.95 bits per heavy atom. The largest absolute Gasteiger partial charge is 0.471 e. The molecule has 0 unspecified atom stereocenters. The normalized spacial score (nSPS) is 10.4. The number of pyridine rings is 1. The van der Waals surface area contributed by atoms with Crippen LogP contribution >= 0.6 is 15.9 Å². The summed E-state index contributed by atoms with van der Waals surface area (Å²) < 4.78 is 7.88. The van der Waals surface area contributed by atoms with Crippen molar-refractivity contribution in [3.05, 3.63) is 44.8 Å². The van der Waals surface area contributed by atoms with E-state index in [1.54, 1.807) is 24.0 Å². The van der Waals surface area contributed by atoms with Crippen LogP contribution in [0.4, 0.5) is 5.69 Å². The lowest BCUT2D eigenvalue weighted by molar-refractivity contribution is -0.386. The van der Waals surface area contributed by atoms with Crippen molar-refractivity contribution in [2.75, 3.05) is 6.61 Å². The number of nitro groups is 1. The fourth-order valence-corrected chi connectivity index (χ4v) is 1.81. The molecule has 0 radical (unpaired) electrons. The van der Waals surface area contributed by atoms with Gasteiger partial charge in [0.05, 0.1) is 22.1 Å². The van der Waals surface area contributed by atoms with Crippen molar-refractivity contribution in [2.45, 2.75) is 13.5 Å². The SMILES string of the molecule is Cc1cnc(OCCn2cc(Br)cn2)c([N+](=O)[O-])c1. The summed E-state index contributed by atoms with van der Waals surface area (Å²) in [7, 11) is 0. The topological polar surface area (TPSA) is 83.1 Å². The van der Waals surface area contributed by atoms with Crippen LogP contribution in [0, 0.1) is 17.0 Å². The smallest absolute Gasteiger partial charge is 0.331 e. The predicted octanol–water partition coefficient (Wildman–Crippen LogP) is 2.34. The van der Waals surface area contributed by atoms with Crippen LogP contribution in [0.1, 0.15) is 5.56 Å². The van der Waals surface area contributed by atoms with E-state index in [0.717, 1.165) is 10.0 Å². The van der Waals surface area contributed by atoms with Crippen LogP contribution in [0.15, 0.2) is 29.1 Å². The predicted molar refractivity (Wildman–Crippen MR) is 71.1 cm³/mol. The van der Waals surface area contributed by atoms with E-state index in [2.05, 4.69) is 26.0 Å². The zero-order valence-electron chi connectivity index (χ0n) is 10.1. The van der Waals surface area contributed by atoms with Gasteiger partial charge >= 0.3 is 5.69 Å². The highest BCUT2D eigenvalue weighted by Crippen LogP contribution is 2.24. The molecule has 0 atom stereocenters. The number of hydrogen-bond acceptors (Lipinski definition) is 5. The first-order valence-electron chi connectivity index (χ1n) is 5.48. The van der Waals surface area contributed by atoms with Crippen molar-refractivity contribution < 1.29 is 9.66 Å². The van der Waals surface area contributed by atoms with E-state index in [-0.39, 0.29) is 18.2 Å². The molecule has 8 heteroatoms. The number of ether oxygens (including phenoxy) is 1. The van der Waals surface area contributed by atoms with Crippen molar-refractivity contribution >= 4 is 21.6 Å². The second-order valence-electron chi connectivity index (χ2n) is 3.86. The summed E-state index contributed by atoms with van der Waals surface area (Å²) in [6, 6.07) is 1.44. The quantitative estimate of drug-likeness (QED) is 0.622. The number of halogens is 1. The van der Waals surface area contributed by atoms with Crippen molar-refractivity contribution in [2.24, 2.45) is 0 Å². The molecule has 0 amide bonds. The molecule has 0 fully saturated rings. The standard InChI is InChI=1S/C11H11BrN4O3/c1-8-4-10(16(17)18)11(13-5-8)19-3-2-15-7-9(12)6-14-15/h4-7H,2-3H2,1H3. The Labute approximate surface area is 117 Å². The molecule has 0 aliphatic heterocycles. The molecular weight excluding hydrogens is 316 g/mol. The lowest BCUT2D eigenvalue weighted by atomic mass is 10.3. The van der Waals surface area contributed by atoms with Crippen molar-refractivity contribution in [1.29, 1.82) is 0 Å². The molecule has 0 bridgehead atoms. The summed E-state index contributed by atoms with van der Waals surface area (Å²) in [6.07, 6.45) is 4.99. The molecule has 19 heavy (non-hydrogen) atoms. The average Bonchev–Trinajstić information content (AvgIpc) is 2.77. The van der Waals surface area contributed by atoms with E-state index in [0.29, 0.717) is 6.54 Å². The fourth-order valence-electron chi connectivity index (χ4n) is 1.48. The first-order chi connectivity index (χ1) is 9.06. The average molecular weight is 327 g/mol. The number of nitrogens with zero attached hydrogens (tertiary/aromatic N) is 4. The summed E-state index contributed by atoms with van der Waals surface area (Å²) in [4.78, 5) is 14.3. The van der Waals surface area contributed by atoms with E-state index in [1.807, 2.05) is 0 Å². The number of aromatic nitrogens is 3. The van der Waals surface area contributed by atoms with Gasteiger partial charge in [-0.25, -0.2) is 4.98 Å². The third-order valence-corrected chi connectivity index (χ3v) is 2.74. The Balaban J connectivity index is 2.01. The zero-order chi connectivity index (χ0) is 13.8. The van der Waals surface area contributed by atoms with Gasteiger partial charge in [0.15, 0.2) is 0 Å². The summed E-state index contributed by atoms with van der Waals surface area (Å²) in [5, 5.41) is 14.9. The van der Waals surface area contributed by atoms with Gasteiger partial charge in [0.2, 0.25) is 0 Å². The van der Waals surface area contributed by atoms with E-state index in [1.165, 1.54) is 12.3 Å². The molecule has 2 rings (SSSR count). The first kappa shape index (κ1) is 13.5. The van der Waals surface area contributed by atoms with Crippen LogP contribution < -0.4 is 4.74 Å². The van der Waals surface area contributed by atoms with E-state index >= 15 is 0 Å². The summed E-state index contributed by atoms with van der Waals surface area (Å²) >= 11 is 3.28. The second-order valence-corrected chi connectivity index (χ2v) is 4.78. The molecule has 0 saturated carbocycles. The van der Waals surface area contributed by atoms with E-state index in [9.17, 15) is 10.1 Å². The molecule has 100 valence electrons. The molecule has 7 nitrogen and oxygen atoms in total. The first-order valence-corrected chi connectivity index (χ1v) is 6.27. The highest BCUT2D eigenvalue weighted by molar-refractivity contribution is 9.10. The molecule has 0 aromatic carbocycles. The lowest BCUT2D eigenvalue weighted by Gasteiger charge is -2.06. The van der Waals surface area contributed by atoms with Crippen molar-refractivity contribution in [3.8, 4) is 5.88 Å². The Bertz CT molecular complexity index is 599. The van der Waals surface area contributed by atoms with E-state index in [4.69, 9.17) is 4.74 Å². The lowest BCUT2D eigenvalue weighted by Crippen LogP contribution is -2.10. The van der Waals surface area contributed by atoms with Gasteiger partial charge in [-0.1, -0.05) is 0 Å². The maximum absolute atomic E-state index is 10.9. The summed E-state index contributed by atoms with van der Waals surface area (Å²) in [5.74, 6) is 0.0295. The van der Waals surface area contributed by atoms with Crippen LogP contribution in [0.5, 0.6) is 5.88 Å². The number of aryl methyl sites for hydroxylation is 1. The Hall–Kier alpha value is -1.96. The Morgan fingerprint density at radius 1 is 1.53 bits per heavy atom. The third kappa shape index (κ3) is 3.50. The van der Waals surface area contributed by atoms with Crippen LogP contribution in [0.25, 0.3) is 0 Å². The summed E-state index contributed by atoms with van der Waals surface area (Å²) in [5.41, 5.74) is 0.594. The molecule has 2 aromatic rings. The minimum absolute atomic E-state index is 0.0295. The molecular formula is C11H11BrN4O3. The molecule has 0 saturated heterocycles. The van der Waals surface area contributed by atoms with Crippen LogP contribution in [0.2, 0.25) is 0 Å². The van der Waals surface area contributed by atoms with Crippen LogP contribution in [-0.2, 0) is 6.54 Å². The minimum Gasteiger partial charge on any atom is -0.471 e. The molecule has 0 aliphatic rings. The summed E-state index contributed by atoms with van der Waals surface area (Å²) in [6.45, 7) is 2.48. The van der Waals surface area contributed by atoms with Gasteiger partial charge in [-0.05, 0) is 28.4 Å². The zero-order valence-corrected chi connectivity index (χ0v) is 11.7. The molecule has 0 aliphatic carbocycles. The van der Waals surface area contributed by atoms with Gasteiger partial charge in [0.1, 0.15) is 6.61 Å². The maximum atomic E-state index is 10.9. The van der Waals surface area contributed by atoms with Gasteiger partial charge in [-0.3, -0.25) is 14.8 Å². The van der Waals surface area contributed by atoms with Crippen LogP contribution in [-0.4, -0.2) is 26.3 Å². The second kappa shape index (κ2) is 5.79. The number of hydrogen-bond donors (Lipinski definition) is 0. The van der Waals surface area contributed by atoms with Crippen LogP contribution in [0.3, 0.4) is 0 Å². The molecule has 0 spiro atoms. The van der Waals surface area contributed by atoms with Gasteiger partial charge in [-0.15, -0.1) is 0 Å². The van der Waals surface area contributed by atoms with Gasteiger partial charge in [-0.2, -0.15) is 5.10 Å². The molecule has 2 heterocycles. The third-order valence-electron chi connectivity index (χ3n) is 2.33. The Kier molecular flexibility index (Phi) is 4.10. The van der Waals surface area contributed by atoms with Gasteiger partial charge < -0.3 is 4.74 Å². The monoisotopic (exact) mass is 326 g/mol. The minimum atomic E-state index is -0.500. The Morgan fingerprint density at radius 2 is 2.32 bits per heavy atom. The molecule has 2 aromatic heterocycles. The highest BCUT2D eigenvalue weighted by atomic mass is 79.9. The fraction of sp³-hybridized carbons (Fsp3) is 0.273. The van der Waals surface area contributed by atoms with Crippen molar-refractivity contribution in [3.63, 3.8) is 0 Å². The maximum Gasteiger partial charge on any atom is 0.331 e. The van der Waals surface area contributed by atoms with Gasteiger partial charge in [0, 0.05) is 18.5 Å². The van der Waals surface area contributed by atoms with Gasteiger partial charge in [0.25, 0.3) is 5.88 Å². The number of rotatable bonds is 5. The van der Waals surface area contributed by atoms with E-state index < -0.39 is 4.92 Å².